The van der Waals surface area contributed by atoms with Crippen molar-refractivity contribution in [1.82, 2.24) is 0 Å². The number of carbonyl (C=O) groups is 1. The Bertz CT molecular complexity index is 1160. The van der Waals surface area contributed by atoms with Gasteiger partial charge >= 0.3 is 0 Å². The molecule has 0 amide bonds. The van der Waals surface area contributed by atoms with Gasteiger partial charge in [-0.1, -0.05) is 54.6 Å². The Labute approximate surface area is 170 Å². The number of benzene rings is 4. The number of ketones is 1. The molecule has 3 heteroatoms. The van der Waals surface area contributed by atoms with E-state index in [9.17, 15) is 9.18 Å². The third-order valence-electron chi connectivity index (χ3n) is 5.03. The van der Waals surface area contributed by atoms with Gasteiger partial charge in [-0.2, -0.15) is 0 Å². The number of anilines is 1. The van der Waals surface area contributed by atoms with Crippen LogP contribution in [0.4, 0.5) is 10.1 Å². The number of nitrogens with one attached hydrogen (secondary N) is 1. The molecule has 4 rings (SSSR count). The molecule has 0 heterocycles. The van der Waals surface area contributed by atoms with Gasteiger partial charge in [0.1, 0.15) is 11.9 Å². The Morgan fingerprint density at radius 1 is 0.793 bits per heavy atom. The van der Waals surface area contributed by atoms with Crippen LogP contribution in [0.3, 0.4) is 0 Å². The number of carbonyl (C=O) groups excluding carboxylic acids is 1. The molecule has 0 saturated heterocycles. The lowest BCUT2D eigenvalue weighted by molar-refractivity contribution is 0.0969. The van der Waals surface area contributed by atoms with Crippen molar-refractivity contribution < 1.29 is 9.18 Å². The average molecular weight is 383 g/mol. The van der Waals surface area contributed by atoms with Crippen molar-refractivity contribution >= 4 is 22.2 Å². The molecule has 29 heavy (non-hydrogen) atoms. The van der Waals surface area contributed by atoms with E-state index in [2.05, 4.69) is 11.4 Å². The zero-order valence-electron chi connectivity index (χ0n) is 16.4. The van der Waals surface area contributed by atoms with E-state index in [0.29, 0.717) is 5.56 Å². The van der Waals surface area contributed by atoms with Crippen LogP contribution in [0.5, 0.6) is 0 Å². The number of Topliss-reactive ketones (excluding diaryl/α,β-unsaturated/α-hetero) is 1. The molecule has 2 nitrogen and oxygen atoms in total. The number of hydrogen-bond donors (Lipinski definition) is 1. The molecular weight excluding hydrogens is 361 g/mol. The summed E-state index contributed by atoms with van der Waals surface area (Å²) < 4.78 is 13.5. The monoisotopic (exact) mass is 383 g/mol. The topological polar surface area (TPSA) is 29.1 Å². The summed E-state index contributed by atoms with van der Waals surface area (Å²) in [5.74, 6) is -0.376. The maximum Gasteiger partial charge on any atom is 0.189 e. The first-order valence-corrected chi connectivity index (χ1v) is 9.63. The molecule has 0 bridgehead atoms. The summed E-state index contributed by atoms with van der Waals surface area (Å²) in [6.07, 6.45) is 0. The van der Waals surface area contributed by atoms with Gasteiger partial charge < -0.3 is 5.32 Å². The van der Waals surface area contributed by atoms with Gasteiger partial charge in [-0.3, -0.25) is 4.79 Å². The quantitative estimate of drug-likeness (QED) is 0.392. The van der Waals surface area contributed by atoms with E-state index in [-0.39, 0.29) is 11.6 Å². The second kappa shape index (κ2) is 7.88. The Morgan fingerprint density at radius 2 is 1.45 bits per heavy atom. The summed E-state index contributed by atoms with van der Waals surface area (Å²) in [5, 5.41) is 5.47. The number of hydrogen-bond acceptors (Lipinski definition) is 2. The zero-order chi connectivity index (χ0) is 20.4. The standard InChI is InChI=1S/C26H22FNO/c1-17-13-18(2)15-24(14-17)28-25(20-9-11-23(27)12-10-20)26(29)22-8-7-19-5-3-4-6-21(19)16-22/h3-16,25,28H,1-2H3. The Balaban J connectivity index is 1.75. The van der Waals surface area contributed by atoms with Crippen molar-refractivity contribution in [2.24, 2.45) is 0 Å². The molecule has 0 aliphatic rings. The molecule has 1 unspecified atom stereocenters. The van der Waals surface area contributed by atoms with Gasteiger partial charge in [0.2, 0.25) is 0 Å². The van der Waals surface area contributed by atoms with Crippen LogP contribution in [0, 0.1) is 19.7 Å². The third-order valence-corrected chi connectivity index (χ3v) is 5.03. The van der Waals surface area contributed by atoms with Crippen LogP contribution in [-0.2, 0) is 0 Å². The van der Waals surface area contributed by atoms with Crippen molar-refractivity contribution in [2.75, 3.05) is 5.32 Å². The highest BCUT2D eigenvalue weighted by Gasteiger charge is 2.22. The Kier molecular flexibility index (Phi) is 5.13. The van der Waals surface area contributed by atoms with Crippen molar-refractivity contribution in [3.63, 3.8) is 0 Å². The molecule has 4 aromatic rings. The van der Waals surface area contributed by atoms with Crippen molar-refractivity contribution in [3.8, 4) is 0 Å². The van der Waals surface area contributed by atoms with Crippen LogP contribution in [0.15, 0.2) is 84.9 Å². The Morgan fingerprint density at radius 3 is 2.14 bits per heavy atom. The molecule has 144 valence electrons. The highest BCUT2D eigenvalue weighted by atomic mass is 19.1. The van der Waals surface area contributed by atoms with Gasteiger partial charge in [0.25, 0.3) is 0 Å². The molecule has 1 N–H and O–H groups in total. The summed E-state index contributed by atoms with van der Waals surface area (Å²) in [7, 11) is 0. The molecule has 0 aromatic heterocycles. The van der Waals surface area contributed by atoms with E-state index in [1.807, 2.05) is 68.4 Å². The van der Waals surface area contributed by atoms with Gasteiger partial charge in [-0.15, -0.1) is 0 Å². The summed E-state index contributed by atoms with van der Waals surface area (Å²) in [6.45, 7) is 4.05. The first-order valence-electron chi connectivity index (χ1n) is 9.63. The molecule has 0 fully saturated rings. The summed E-state index contributed by atoms with van der Waals surface area (Å²) in [5.41, 5.74) is 4.44. The second-order valence-electron chi connectivity index (χ2n) is 7.43. The van der Waals surface area contributed by atoms with E-state index in [1.54, 1.807) is 12.1 Å². The predicted octanol–water partition coefficient (Wildman–Crippen LogP) is 6.63. The fraction of sp³-hybridized carbons (Fsp3) is 0.115. The summed E-state index contributed by atoms with van der Waals surface area (Å²) in [4.78, 5) is 13.5. The maximum atomic E-state index is 13.5. The molecule has 4 aromatic carbocycles. The lowest BCUT2D eigenvalue weighted by atomic mass is 9.95. The zero-order valence-corrected chi connectivity index (χ0v) is 16.4. The maximum absolute atomic E-state index is 13.5. The number of aryl methyl sites for hydroxylation is 2. The van der Waals surface area contributed by atoms with E-state index in [0.717, 1.165) is 33.2 Å². The average Bonchev–Trinajstić information content (AvgIpc) is 2.71. The van der Waals surface area contributed by atoms with Crippen LogP contribution < -0.4 is 5.32 Å². The highest BCUT2D eigenvalue weighted by molar-refractivity contribution is 6.04. The second-order valence-corrected chi connectivity index (χ2v) is 7.43. The summed E-state index contributed by atoms with van der Waals surface area (Å²) >= 11 is 0. The first-order chi connectivity index (χ1) is 14.0. The Hall–Kier alpha value is -3.46. The molecular formula is C26H22FNO. The highest BCUT2D eigenvalue weighted by Crippen LogP contribution is 2.27. The van der Waals surface area contributed by atoms with Crippen LogP contribution in [0.2, 0.25) is 0 Å². The van der Waals surface area contributed by atoms with Crippen molar-refractivity contribution in [1.29, 1.82) is 0 Å². The minimum absolute atomic E-state index is 0.0541. The number of rotatable bonds is 5. The lowest BCUT2D eigenvalue weighted by Gasteiger charge is -2.20. The molecule has 0 radical (unpaired) electrons. The van der Waals surface area contributed by atoms with Crippen LogP contribution in [0.1, 0.15) is 33.1 Å². The first kappa shape index (κ1) is 18.9. The van der Waals surface area contributed by atoms with Crippen molar-refractivity contribution in [3.05, 3.63) is 113 Å². The van der Waals surface area contributed by atoms with Gasteiger partial charge in [0.05, 0.1) is 0 Å². The molecule has 0 aliphatic carbocycles. The fourth-order valence-electron chi connectivity index (χ4n) is 3.69. The fourth-order valence-corrected chi connectivity index (χ4v) is 3.69. The van der Waals surface area contributed by atoms with E-state index in [4.69, 9.17) is 0 Å². The van der Waals surface area contributed by atoms with Gasteiger partial charge in [0.15, 0.2) is 5.78 Å². The molecule has 0 aliphatic heterocycles. The molecule has 1 atom stereocenters. The van der Waals surface area contributed by atoms with Crippen molar-refractivity contribution in [2.45, 2.75) is 19.9 Å². The summed E-state index contributed by atoms with van der Waals surface area (Å²) in [6, 6.07) is 25.3. The minimum Gasteiger partial charge on any atom is -0.371 e. The minimum atomic E-state index is -0.613. The van der Waals surface area contributed by atoms with E-state index >= 15 is 0 Å². The van der Waals surface area contributed by atoms with Crippen LogP contribution >= 0.6 is 0 Å². The SMILES string of the molecule is Cc1cc(C)cc(NC(C(=O)c2ccc3ccccc3c2)c2ccc(F)cc2)c1. The smallest absolute Gasteiger partial charge is 0.189 e. The lowest BCUT2D eigenvalue weighted by Crippen LogP contribution is -2.21. The van der Waals surface area contributed by atoms with E-state index in [1.165, 1.54) is 12.1 Å². The predicted molar refractivity (Wildman–Crippen MR) is 117 cm³/mol. The van der Waals surface area contributed by atoms with E-state index < -0.39 is 6.04 Å². The third kappa shape index (κ3) is 4.19. The van der Waals surface area contributed by atoms with Crippen LogP contribution in [-0.4, -0.2) is 5.78 Å². The van der Waals surface area contributed by atoms with Crippen LogP contribution in [0.25, 0.3) is 10.8 Å². The van der Waals surface area contributed by atoms with Gasteiger partial charge in [0, 0.05) is 11.3 Å². The molecule has 0 spiro atoms. The van der Waals surface area contributed by atoms with Gasteiger partial charge in [-0.25, -0.2) is 4.39 Å². The number of halogens is 1. The largest absolute Gasteiger partial charge is 0.371 e. The molecule has 0 saturated carbocycles. The number of fused-ring (bicyclic) bond motifs is 1. The van der Waals surface area contributed by atoms with Gasteiger partial charge in [-0.05, 0) is 71.6 Å². The normalized spacial score (nSPS) is 12.0.